The van der Waals surface area contributed by atoms with Crippen molar-refractivity contribution in [3.05, 3.63) is 11.6 Å². The van der Waals surface area contributed by atoms with Crippen molar-refractivity contribution in [1.82, 2.24) is 0 Å². The van der Waals surface area contributed by atoms with Crippen LogP contribution in [0.25, 0.3) is 0 Å². The number of hydrogen-bond acceptors (Lipinski definition) is 4. The molecule has 100 valence electrons. The van der Waals surface area contributed by atoms with Crippen molar-refractivity contribution >= 4 is 5.97 Å². The molecule has 0 heterocycles. The Morgan fingerprint density at radius 2 is 1.94 bits per heavy atom. The van der Waals surface area contributed by atoms with E-state index in [2.05, 4.69) is 0 Å². The van der Waals surface area contributed by atoms with Gasteiger partial charge in [-0.1, -0.05) is 6.08 Å². The van der Waals surface area contributed by atoms with Gasteiger partial charge in [0.25, 0.3) is 0 Å². The van der Waals surface area contributed by atoms with E-state index in [1.54, 1.807) is 19.9 Å². The largest absolute Gasteiger partial charge is 0.462 e. The molecule has 0 aliphatic carbocycles. The Morgan fingerprint density at radius 3 is 2.53 bits per heavy atom. The zero-order valence-electron chi connectivity index (χ0n) is 10.8. The van der Waals surface area contributed by atoms with Gasteiger partial charge in [-0.2, -0.15) is 0 Å². The topological polar surface area (TPSA) is 66.8 Å². The zero-order valence-corrected chi connectivity index (χ0v) is 10.8. The third kappa shape index (κ3) is 8.89. The number of carbonyl (C=O) groups excluding carboxylic acids is 1. The van der Waals surface area contributed by atoms with Gasteiger partial charge < -0.3 is 14.9 Å². The van der Waals surface area contributed by atoms with Gasteiger partial charge in [-0.3, -0.25) is 0 Å². The van der Waals surface area contributed by atoms with E-state index in [4.69, 9.17) is 9.84 Å². The van der Waals surface area contributed by atoms with E-state index in [-0.39, 0.29) is 18.7 Å². The molecule has 0 saturated carbocycles. The van der Waals surface area contributed by atoms with Gasteiger partial charge in [-0.25, -0.2) is 4.79 Å². The fourth-order valence-corrected chi connectivity index (χ4v) is 1.35. The summed E-state index contributed by atoms with van der Waals surface area (Å²) in [4.78, 5) is 11.2. The number of hydrogen-bond donors (Lipinski definition) is 2. The molecule has 0 rings (SSSR count). The van der Waals surface area contributed by atoms with Crippen LogP contribution in [0.5, 0.6) is 0 Å². The van der Waals surface area contributed by atoms with Crippen molar-refractivity contribution in [1.29, 1.82) is 0 Å². The van der Waals surface area contributed by atoms with E-state index in [0.29, 0.717) is 31.4 Å². The third-order valence-corrected chi connectivity index (χ3v) is 2.62. The maximum atomic E-state index is 11.2. The summed E-state index contributed by atoms with van der Waals surface area (Å²) in [5.41, 5.74) is 0.605. The molecule has 0 aromatic rings. The number of allylic oxidation sites excluding steroid dienone is 1. The number of aliphatic hydroxyl groups is 2. The van der Waals surface area contributed by atoms with Crippen molar-refractivity contribution in [3.63, 3.8) is 0 Å². The standard InChI is InChI=1S/C13H24O4/c1-3-11(2)13(16)17-10-6-8-12(15)7-4-5-9-14/h3,12,14-15H,4-10H2,1-2H3. The number of esters is 1. The lowest BCUT2D eigenvalue weighted by atomic mass is 10.1. The molecule has 0 fully saturated rings. The lowest BCUT2D eigenvalue weighted by Gasteiger charge is -2.10. The number of rotatable bonds is 9. The molecule has 0 aromatic carbocycles. The van der Waals surface area contributed by atoms with Crippen LogP contribution in [-0.4, -0.2) is 35.5 Å². The van der Waals surface area contributed by atoms with Crippen LogP contribution in [0.2, 0.25) is 0 Å². The molecule has 4 heteroatoms. The van der Waals surface area contributed by atoms with Crippen molar-refractivity contribution in [2.75, 3.05) is 13.2 Å². The van der Waals surface area contributed by atoms with Gasteiger partial charge in [0, 0.05) is 12.2 Å². The Bertz CT molecular complexity index is 236. The van der Waals surface area contributed by atoms with Crippen molar-refractivity contribution in [3.8, 4) is 0 Å². The minimum atomic E-state index is -0.358. The average molecular weight is 244 g/mol. The monoisotopic (exact) mass is 244 g/mol. The van der Waals surface area contributed by atoms with Crippen LogP contribution in [-0.2, 0) is 9.53 Å². The summed E-state index contributed by atoms with van der Waals surface area (Å²) in [6.07, 6.45) is 4.91. The second-order valence-corrected chi connectivity index (χ2v) is 4.12. The highest BCUT2D eigenvalue weighted by atomic mass is 16.5. The summed E-state index contributed by atoms with van der Waals surface area (Å²) < 4.78 is 5.01. The van der Waals surface area contributed by atoms with Gasteiger partial charge >= 0.3 is 5.97 Å². The van der Waals surface area contributed by atoms with E-state index in [1.165, 1.54) is 0 Å². The molecule has 0 spiro atoms. The molecule has 0 amide bonds. The first-order chi connectivity index (χ1) is 8.11. The number of aliphatic hydroxyl groups excluding tert-OH is 2. The first-order valence-corrected chi connectivity index (χ1v) is 6.20. The smallest absolute Gasteiger partial charge is 0.333 e. The summed E-state index contributed by atoms with van der Waals surface area (Å²) in [6.45, 7) is 4.03. The summed E-state index contributed by atoms with van der Waals surface area (Å²) in [5, 5.41) is 18.1. The van der Waals surface area contributed by atoms with Crippen molar-refractivity contribution < 1.29 is 19.7 Å². The molecule has 1 unspecified atom stereocenters. The minimum absolute atomic E-state index is 0.174. The Kier molecular flexibility index (Phi) is 9.77. The molecular weight excluding hydrogens is 220 g/mol. The van der Waals surface area contributed by atoms with E-state index in [1.807, 2.05) is 0 Å². The van der Waals surface area contributed by atoms with Crippen molar-refractivity contribution in [2.24, 2.45) is 0 Å². The molecular formula is C13H24O4. The van der Waals surface area contributed by atoms with Crippen LogP contribution < -0.4 is 0 Å². The Morgan fingerprint density at radius 1 is 1.29 bits per heavy atom. The first kappa shape index (κ1) is 16.1. The molecule has 0 aliphatic rings. The lowest BCUT2D eigenvalue weighted by Crippen LogP contribution is -2.11. The highest BCUT2D eigenvalue weighted by molar-refractivity contribution is 5.87. The normalized spacial score (nSPS) is 13.5. The molecule has 0 bridgehead atoms. The van der Waals surface area contributed by atoms with Crippen LogP contribution in [0.4, 0.5) is 0 Å². The minimum Gasteiger partial charge on any atom is -0.462 e. The van der Waals surface area contributed by atoms with E-state index in [9.17, 15) is 9.90 Å². The van der Waals surface area contributed by atoms with Gasteiger partial charge in [0.15, 0.2) is 0 Å². The Hall–Kier alpha value is -0.870. The molecule has 0 radical (unpaired) electrons. The number of unbranched alkanes of at least 4 members (excludes halogenated alkanes) is 1. The van der Waals surface area contributed by atoms with Crippen LogP contribution in [0.15, 0.2) is 11.6 Å². The summed E-state index contributed by atoms with van der Waals surface area (Å²) in [7, 11) is 0. The van der Waals surface area contributed by atoms with Gasteiger partial charge in [-0.05, 0) is 46.0 Å². The number of carbonyl (C=O) groups is 1. The van der Waals surface area contributed by atoms with Crippen LogP contribution >= 0.6 is 0 Å². The van der Waals surface area contributed by atoms with Gasteiger partial charge in [0.1, 0.15) is 0 Å². The predicted molar refractivity (Wildman–Crippen MR) is 66.6 cm³/mol. The molecule has 4 nitrogen and oxygen atoms in total. The summed E-state index contributed by atoms with van der Waals surface area (Å²) in [5.74, 6) is -0.290. The fourth-order valence-electron chi connectivity index (χ4n) is 1.35. The SMILES string of the molecule is CC=C(C)C(=O)OCCCC(O)CCCCO. The van der Waals surface area contributed by atoms with E-state index < -0.39 is 0 Å². The average Bonchev–Trinajstić information content (AvgIpc) is 2.33. The maximum absolute atomic E-state index is 11.2. The summed E-state index contributed by atoms with van der Waals surface area (Å²) >= 11 is 0. The molecule has 0 saturated heterocycles. The van der Waals surface area contributed by atoms with E-state index >= 15 is 0 Å². The number of ether oxygens (including phenoxy) is 1. The lowest BCUT2D eigenvalue weighted by molar-refractivity contribution is -0.139. The second-order valence-electron chi connectivity index (χ2n) is 4.12. The van der Waals surface area contributed by atoms with Crippen molar-refractivity contribution in [2.45, 2.75) is 52.1 Å². The quantitative estimate of drug-likeness (QED) is 0.369. The van der Waals surface area contributed by atoms with Gasteiger partial charge in [0.2, 0.25) is 0 Å². The molecule has 1 atom stereocenters. The van der Waals surface area contributed by atoms with Crippen LogP contribution in [0.3, 0.4) is 0 Å². The highest BCUT2D eigenvalue weighted by Crippen LogP contribution is 2.07. The Balaban J connectivity index is 3.47. The molecule has 2 N–H and O–H groups in total. The molecule has 0 aliphatic heterocycles. The zero-order chi connectivity index (χ0) is 13.1. The van der Waals surface area contributed by atoms with Crippen LogP contribution in [0.1, 0.15) is 46.0 Å². The summed E-state index contributed by atoms with van der Waals surface area (Å²) in [6, 6.07) is 0. The highest BCUT2D eigenvalue weighted by Gasteiger charge is 2.06. The maximum Gasteiger partial charge on any atom is 0.333 e. The second kappa shape index (κ2) is 10.3. The first-order valence-electron chi connectivity index (χ1n) is 6.20. The van der Waals surface area contributed by atoms with Crippen LogP contribution in [0, 0.1) is 0 Å². The molecule has 0 aromatic heterocycles. The third-order valence-electron chi connectivity index (χ3n) is 2.62. The Labute approximate surface area is 103 Å². The van der Waals surface area contributed by atoms with Gasteiger partial charge in [-0.15, -0.1) is 0 Å². The van der Waals surface area contributed by atoms with E-state index in [0.717, 1.165) is 12.8 Å². The fraction of sp³-hybridized carbons (Fsp3) is 0.769. The molecule has 17 heavy (non-hydrogen) atoms. The van der Waals surface area contributed by atoms with Gasteiger partial charge in [0.05, 0.1) is 12.7 Å². The predicted octanol–water partition coefficient (Wildman–Crippen LogP) is 1.80.